The first kappa shape index (κ1) is 22.7. The lowest BCUT2D eigenvalue weighted by Gasteiger charge is -2.28. The first-order chi connectivity index (χ1) is 15.0. The molecule has 0 aromatic heterocycles. The van der Waals surface area contributed by atoms with Crippen molar-refractivity contribution < 1.29 is 14.3 Å². The van der Waals surface area contributed by atoms with Gasteiger partial charge in [-0.3, -0.25) is 9.59 Å². The maximum atomic E-state index is 13.1. The zero-order valence-electron chi connectivity index (χ0n) is 19.0. The van der Waals surface area contributed by atoms with Crippen LogP contribution in [0.2, 0.25) is 0 Å². The molecule has 0 saturated carbocycles. The third-order valence-electron chi connectivity index (χ3n) is 5.82. The van der Waals surface area contributed by atoms with Gasteiger partial charge in [0.1, 0.15) is 5.75 Å². The Morgan fingerprint density at radius 2 is 1.55 bits per heavy atom. The summed E-state index contributed by atoms with van der Waals surface area (Å²) in [4.78, 5) is 32.0. The summed E-state index contributed by atoms with van der Waals surface area (Å²) in [5, 5.41) is 0. The molecule has 6 nitrogen and oxygen atoms in total. The maximum Gasteiger partial charge on any atom is 0.257 e. The van der Waals surface area contributed by atoms with E-state index in [4.69, 9.17) is 4.74 Å². The average Bonchev–Trinajstić information content (AvgIpc) is 3.05. The Balaban J connectivity index is 1.66. The van der Waals surface area contributed by atoms with E-state index in [2.05, 4.69) is 25.7 Å². The number of hydrogen-bond donors (Lipinski definition) is 0. The van der Waals surface area contributed by atoms with Crippen LogP contribution in [0.4, 0.5) is 5.69 Å². The standard InChI is InChI=1S/C25H33N3O3/c1-5-28(19(2)3)21-13-11-20(12-14-21)24(29)26-15-8-16-27(18-17-26)25(30)22-9-6-7-10-23(22)31-4/h6-7,9-14,19H,5,8,15-18H2,1-4H3. The molecular weight excluding hydrogens is 390 g/mol. The summed E-state index contributed by atoms with van der Waals surface area (Å²) in [5.41, 5.74) is 2.37. The molecule has 1 aliphatic heterocycles. The van der Waals surface area contributed by atoms with Crippen LogP contribution < -0.4 is 9.64 Å². The Morgan fingerprint density at radius 1 is 0.935 bits per heavy atom. The molecule has 166 valence electrons. The number of hydrogen-bond acceptors (Lipinski definition) is 4. The van der Waals surface area contributed by atoms with Gasteiger partial charge in [-0.25, -0.2) is 0 Å². The molecule has 1 fully saturated rings. The normalized spacial score (nSPS) is 14.4. The van der Waals surface area contributed by atoms with Crippen molar-refractivity contribution in [3.8, 4) is 5.75 Å². The lowest BCUT2D eigenvalue weighted by molar-refractivity contribution is 0.0717. The lowest BCUT2D eigenvalue weighted by Crippen LogP contribution is -2.37. The summed E-state index contributed by atoms with van der Waals surface area (Å²) in [6.45, 7) is 9.69. The van der Waals surface area contributed by atoms with Crippen LogP contribution in [0.3, 0.4) is 0 Å². The molecule has 1 saturated heterocycles. The van der Waals surface area contributed by atoms with Gasteiger partial charge in [-0.1, -0.05) is 12.1 Å². The van der Waals surface area contributed by atoms with Crippen molar-refractivity contribution in [1.82, 2.24) is 9.80 Å². The third kappa shape index (κ3) is 5.19. The van der Waals surface area contributed by atoms with Crippen LogP contribution in [0.25, 0.3) is 0 Å². The van der Waals surface area contributed by atoms with E-state index >= 15 is 0 Å². The molecule has 0 atom stereocenters. The Kier molecular flexibility index (Phi) is 7.55. The molecule has 0 N–H and O–H groups in total. The van der Waals surface area contributed by atoms with E-state index in [1.807, 2.05) is 46.2 Å². The van der Waals surface area contributed by atoms with Crippen molar-refractivity contribution in [3.63, 3.8) is 0 Å². The third-order valence-corrected chi connectivity index (χ3v) is 5.82. The number of ether oxygens (including phenoxy) is 1. The highest BCUT2D eigenvalue weighted by molar-refractivity contribution is 5.97. The number of methoxy groups -OCH3 is 1. The van der Waals surface area contributed by atoms with Gasteiger partial charge in [0.2, 0.25) is 0 Å². The van der Waals surface area contributed by atoms with Crippen LogP contribution in [0.5, 0.6) is 5.75 Å². The molecule has 6 heteroatoms. The van der Waals surface area contributed by atoms with Crippen molar-refractivity contribution >= 4 is 17.5 Å². The van der Waals surface area contributed by atoms with Crippen molar-refractivity contribution in [1.29, 1.82) is 0 Å². The van der Waals surface area contributed by atoms with Gasteiger partial charge >= 0.3 is 0 Å². The molecule has 0 bridgehead atoms. The predicted molar refractivity (Wildman–Crippen MR) is 124 cm³/mol. The first-order valence-electron chi connectivity index (χ1n) is 11.0. The van der Waals surface area contributed by atoms with E-state index in [9.17, 15) is 9.59 Å². The largest absolute Gasteiger partial charge is 0.496 e. The summed E-state index contributed by atoms with van der Waals surface area (Å²) in [6.07, 6.45) is 0.752. The molecule has 2 aromatic carbocycles. The fraction of sp³-hybridized carbons (Fsp3) is 0.440. The number of carbonyl (C=O) groups excluding carboxylic acids is 2. The monoisotopic (exact) mass is 423 g/mol. The van der Waals surface area contributed by atoms with Crippen LogP contribution in [-0.4, -0.2) is 67.5 Å². The van der Waals surface area contributed by atoms with E-state index in [0.29, 0.717) is 49.1 Å². The smallest absolute Gasteiger partial charge is 0.257 e. The van der Waals surface area contributed by atoms with Gasteiger partial charge in [0, 0.05) is 50.0 Å². The van der Waals surface area contributed by atoms with Gasteiger partial charge in [-0.15, -0.1) is 0 Å². The fourth-order valence-corrected chi connectivity index (χ4v) is 4.14. The second-order valence-electron chi connectivity index (χ2n) is 8.06. The topological polar surface area (TPSA) is 53.1 Å². The van der Waals surface area contributed by atoms with E-state index in [1.165, 1.54) is 0 Å². The highest BCUT2D eigenvalue weighted by Crippen LogP contribution is 2.21. The van der Waals surface area contributed by atoms with Crippen molar-refractivity contribution in [2.24, 2.45) is 0 Å². The summed E-state index contributed by atoms with van der Waals surface area (Å²) >= 11 is 0. The second-order valence-corrected chi connectivity index (χ2v) is 8.06. The Bertz CT molecular complexity index is 895. The van der Waals surface area contributed by atoms with E-state index < -0.39 is 0 Å². The van der Waals surface area contributed by atoms with Gasteiger partial charge in [0.15, 0.2) is 0 Å². The predicted octanol–water partition coefficient (Wildman–Crippen LogP) is 3.92. The highest BCUT2D eigenvalue weighted by Gasteiger charge is 2.25. The molecule has 0 aliphatic carbocycles. The minimum atomic E-state index is -0.0514. The summed E-state index contributed by atoms with van der Waals surface area (Å²) in [6, 6.07) is 15.5. The number of nitrogens with zero attached hydrogens (tertiary/aromatic N) is 3. The van der Waals surface area contributed by atoms with Crippen LogP contribution in [-0.2, 0) is 0 Å². The van der Waals surface area contributed by atoms with Gasteiger partial charge in [-0.2, -0.15) is 0 Å². The molecule has 0 radical (unpaired) electrons. The molecule has 3 rings (SSSR count). The molecule has 31 heavy (non-hydrogen) atoms. The highest BCUT2D eigenvalue weighted by atomic mass is 16.5. The molecular formula is C25H33N3O3. The number of para-hydroxylation sites is 1. The maximum absolute atomic E-state index is 13.1. The Labute approximate surface area is 185 Å². The van der Waals surface area contributed by atoms with E-state index in [0.717, 1.165) is 18.7 Å². The Hall–Kier alpha value is -3.02. The van der Waals surface area contributed by atoms with Gasteiger partial charge in [0.25, 0.3) is 11.8 Å². The molecule has 1 heterocycles. The van der Waals surface area contributed by atoms with Crippen LogP contribution in [0, 0.1) is 0 Å². The number of rotatable bonds is 6. The van der Waals surface area contributed by atoms with E-state index in [1.54, 1.807) is 19.2 Å². The average molecular weight is 424 g/mol. The van der Waals surface area contributed by atoms with E-state index in [-0.39, 0.29) is 11.8 Å². The van der Waals surface area contributed by atoms with Gasteiger partial charge in [0.05, 0.1) is 12.7 Å². The zero-order valence-corrected chi connectivity index (χ0v) is 19.0. The number of carbonyl (C=O) groups is 2. The minimum Gasteiger partial charge on any atom is -0.496 e. The molecule has 1 aliphatic rings. The molecule has 0 unspecified atom stereocenters. The zero-order chi connectivity index (χ0) is 22.4. The minimum absolute atomic E-state index is 0.0192. The second kappa shape index (κ2) is 10.3. The van der Waals surface area contributed by atoms with Crippen LogP contribution in [0.15, 0.2) is 48.5 Å². The van der Waals surface area contributed by atoms with Gasteiger partial charge < -0.3 is 19.4 Å². The van der Waals surface area contributed by atoms with Crippen molar-refractivity contribution in [3.05, 3.63) is 59.7 Å². The lowest BCUT2D eigenvalue weighted by atomic mass is 10.1. The fourth-order valence-electron chi connectivity index (χ4n) is 4.14. The van der Waals surface area contributed by atoms with Gasteiger partial charge in [-0.05, 0) is 63.6 Å². The molecule has 0 spiro atoms. The number of anilines is 1. The van der Waals surface area contributed by atoms with Crippen molar-refractivity contribution in [2.45, 2.75) is 33.2 Å². The quantitative estimate of drug-likeness (QED) is 0.707. The van der Waals surface area contributed by atoms with Crippen molar-refractivity contribution in [2.75, 3.05) is 44.7 Å². The SMILES string of the molecule is CCN(c1ccc(C(=O)N2CCCN(C(=O)c3ccccc3OC)CC2)cc1)C(C)C. The van der Waals surface area contributed by atoms with Crippen LogP contribution in [0.1, 0.15) is 47.9 Å². The number of amides is 2. The first-order valence-corrected chi connectivity index (χ1v) is 11.0. The molecule has 2 aromatic rings. The summed E-state index contributed by atoms with van der Waals surface area (Å²) in [5.74, 6) is 0.544. The summed E-state index contributed by atoms with van der Waals surface area (Å²) < 4.78 is 5.34. The Morgan fingerprint density at radius 3 is 2.13 bits per heavy atom. The van der Waals surface area contributed by atoms with Crippen LogP contribution >= 0.6 is 0 Å². The summed E-state index contributed by atoms with van der Waals surface area (Å²) in [7, 11) is 1.57. The number of benzene rings is 2. The molecule has 2 amide bonds.